The van der Waals surface area contributed by atoms with E-state index in [0.717, 1.165) is 22.3 Å². The van der Waals surface area contributed by atoms with E-state index in [-0.39, 0.29) is 0 Å². The van der Waals surface area contributed by atoms with Crippen LogP contribution in [0.2, 0.25) is 0 Å². The van der Waals surface area contributed by atoms with Crippen LogP contribution in [0.15, 0.2) is 35.0 Å². The van der Waals surface area contributed by atoms with Crippen LogP contribution in [0.4, 0.5) is 0 Å². The number of fused-ring (bicyclic) bond motifs is 3. The van der Waals surface area contributed by atoms with Gasteiger partial charge in [-0.15, -0.1) is 0 Å². The van der Waals surface area contributed by atoms with E-state index in [0.29, 0.717) is 6.61 Å². The molecule has 0 atom stereocenters. The number of furan rings is 1. The van der Waals surface area contributed by atoms with Crippen LogP contribution in [-0.2, 0) is 0 Å². The molecule has 2 heteroatoms. The summed E-state index contributed by atoms with van der Waals surface area (Å²) in [5, 5.41) is 1.09. The Hall–Kier alpha value is -1.70. The van der Waals surface area contributed by atoms with E-state index < -0.39 is 0 Å². The first-order chi connectivity index (χ1) is 6.45. The highest BCUT2D eigenvalue weighted by Crippen LogP contribution is 2.33. The molecule has 0 spiro atoms. The minimum Gasteiger partial charge on any atom is -0.485 e. The third-order valence-electron chi connectivity index (χ3n) is 2.23. The minimum atomic E-state index is 0.632. The predicted octanol–water partition coefficient (Wildman–Crippen LogP) is 2.84. The summed E-state index contributed by atoms with van der Waals surface area (Å²) in [5.74, 6) is 0.866. The first kappa shape index (κ1) is 6.78. The normalized spacial score (nSPS) is 14.2. The lowest BCUT2D eigenvalue weighted by Gasteiger charge is -2.11. The topological polar surface area (TPSA) is 22.4 Å². The Morgan fingerprint density at radius 3 is 3.15 bits per heavy atom. The van der Waals surface area contributed by atoms with Crippen molar-refractivity contribution in [3.8, 4) is 5.75 Å². The molecule has 0 saturated carbocycles. The van der Waals surface area contributed by atoms with Crippen LogP contribution in [0.25, 0.3) is 17.0 Å². The summed E-state index contributed by atoms with van der Waals surface area (Å²) < 4.78 is 10.9. The molecular formula is C11H8O2. The molecule has 2 nitrogen and oxygen atoms in total. The van der Waals surface area contributed by atoms with Crippen molar-refractivity contribution < 1.29 is 9.15 Å². The molecule has 1 aliphatic rings. The predicted molar refractivity (Wildman–Crippen MR) is 50.7 cm³/mol. The first-order valence-corrected chi connectivity index (χ1v) is 4.25. The highest BCUT2D eigenvalue weighted by atomic mass is 16.5. The van der Waals surface area contributed by atoms with E-state index in [9.17, 15) is 0 Å². The lowest BCUT2D eigenvalue weighted by Crippen LogP contribution is -1.99. The molecule has 0 aliphatic carbocycles. The molecule has 0 unspecified atom stereocenters. The fourth-order valence-electron chi connectivity index (χ4n) is 1.61. The number of hydrogen-bond donors (Lipinski definition) is 0. The van der Waals surface area contributed by atoms with Crippen molar-refractivity contribution in [2.75, 3.05) is 6.61 Å². The van der Waals surface area contributed by atoms with Gasteiger partial charge in [-0.1, -0.05) is 18.2 Å². The van der Waals surface area contributed by atoms with E-state index in [1.165, 1.54) is 0 Å². The molecule has 1 aromatic carbocycles. The second-order valence-electron chi connectivity index (χ2n) is 3.04. The molecule has 64 valence electrons. The molecule has 2 aromatic rings. The highest BCUT2D eigenvalue weighted by molar-refractivity contribution is 5.87. The third-order valence-corrected chi connectivity index (χ3v) is 2.23. The Morgan fingerprint density at radius 2 is 2.15 bits per heavy atom. The average Bonchev–Trinajstić information content (AvgIpc) is 2.65. The zero-order valence-corrected chi connectivity index (χ0v) is 6.99. The van der Waals surface area contributed by atoms with E-state index >= 15 is 0 Å². The molecule has 13 heavy (non-hydrogen) atoms. The SMILES string of the molecule is C1=Cc2ccc3ccoc3c2OC1. The maximum Gasteiger partial charge on any atom is 0.176 e. The van der Waals surface area contributed by atoms with E-state index in [1.54, 1.807) is 6.26 Å². The van der Waals surface area contributed by atoms with Gasteiger partial charge in [-0.05, 0) is 12.1 Å². The summed E-state index contributed by atoms with van der Waals surface area (Å²) in [6.07, 6.45) is 5.74. The van der Waals surface area contributed by atoms with Crippen molar-refractivity contribution in [2.45, 2.75) is 0 Å². The monoisotopic (exact) mass is 172 g/mol. The van der Waals surface area contributed by atoms with Crippen molar-refractivity contribution in [1.82, 2.24) is 0 Å². The standard InChI is InChI=1S/C11H8O2/c1-2-8-3-4-9-5-7-13-11(9)10(8)12-6-1/h1-5,7H,6H2. The summed E-state index contributed by atoms with van der Waals surface area (Å²) in [4.78, 5) is 0. The average molecular weight is 172 g/mol. The van der Waals surface area contributed by atoms with Crippen molar-refractivity contribution in [1.29, 1.82) is 0 Å². The van der Waals surface area contributed by atoms with Crippen molar-refractivity contribution in [3.63, 3.8) is 0 Å². The maximum atomic E-state index is 5.51. The van der Waals surface area contributed by atoms with Crippen LogP contribution in [-0.4, -0.2) is 6.61 Å². The van der Waals surface area contributed by atoms with Crippen LogP contribution in [0.3, 0.4) is 0 Å². The van der Waals surface area contributed by atoms with Crippen LogP contribution >= 0.6 is 0 Å². The largest absolute Gasteiger partial charge is 0.485 e. The van der Waals surface area contributed by atoms with Gasteiger partial charge in [0.1, 0.15) is 6.61 Å². The summed E-state index contributed by atoms with van der Waals surface area (Å²) in [6.45, 7) is 0.632. The molecule has 2 heterocycles. The first-order valence-electron chi connectivity index (χ1n) is 4.25. The van der Waals surface area contributed by atoms with Gasteiger partial charge in [-0.25, -0.2) is 0 Å². The maximum absolute atomic E-state index is 5.51. The lowest BCUT2D eigenvalue weighted by atomic mass is 10.1. The molecule has 0 amide bonds. The van der Waals surface area contributed by atoms with Crippen molar-refractivity contribution in [2.24, 2.45) is 0 Å². The van der Waals surface area contributed by atoms with Gasteiger partial charge < -0.3 is 9.15 Å². The van der Waals surface area contributed by atoms with Gasteiger partial charge in [-0.2, -0.15) is 0 Å². The fourth-order valence-corrected chi connectivity index (χ4v) is 1.61. The Balaban J connectivity index is 2.42. The number of ether oxygens (including phenoxy) is 1. The zero-order chi connectivity index (χ0) is 8.67. The Morgan fingerprint density at radius 1 is 1.15 bits per heavy atom. The lowest BCUT2D eigenvalue weighted by molar-refractivity contribution is 0.356. The highest BCUT2D eigenvalue weighted by Gasteiger charge is 2.11. The summed E-state index contributed by atoms with van der Waals surface area (Å²) in [6, 6.07) is 6.02. The second-order valence-corrected chi connectivity index (χ2v) is 3.04. The van der Waals surface area contributed by atoms with Crippen LogP contribution in [0.5, 0.6) is 5.75 Å². The molecule has 0 bridgehead atoms. The van der Waals surface area contributed by atoms with Gasteiger partial charge in [0.05, 0.1) is 6.26 Å². The van der Waals surface area contributed by atoms with Crippen LogP contribution in [0, 0.1) is 0 Å². The van der Waals surface area contributed by atoms with Gasteiger partial charge in [0.15, 0.2) is 11.3 Å². The molecule has 3 rings (SSSR count). The third kappa shape index (κ3) is 0.886. The molecule has 0 radical (unpaired) electrons. The quantitative estimate of drug-likeness (QED) is 0.609. The van der Waals surface area contributed by atoms with E-state index in [1.807, 2.05) is 24.3 Å². The fraction of sp³-hybridized carbons (Fsp3) is 0.0909. The van der Waals surface area contributed by atoms with Gasteiger partial charge >= 0.3 is 0 Å². The van der Waals surface area contributed by atoms with Gasteiger partial charge in [-0.3, -0.25) is 0 Å². The van der Waals surface area contributed by atoms with Gasteiger partial charge in [0.25, 0.3) is 0 Å². The molecular weight excluding hydrogens is 164 g/mol. The number of hydrogen-bond acceptors (Lipinski definition) is 2. The van der Waals surface area contributed by atoms with Crippen LogP contribution < -0.4 is 4.74 Å². The Kier molecular flexibility index (Phi) is 1.25. The molecule has 1 aromatic heterocycles. The van der Waals surface area contributed by atoms with E-state index in [2.05, 4.69) is 6.08 Å². The molecule has 1 aliphatic heterocycles. The Labute approximate surface area is 75.4 Å². The molecule has 0 N–H and O–H groups in total. The summed E-state index contributed by atoms with van der Waals surface area (Å²) in [5.41, 5.74) is 1.94. The van der Waals surface area contributed by atoms with Crippen molar-refractivity contribution in [3.05, 3.63) is 36.1 Å². The number of rotatable bonds is 0. The molecule has 0 fully saturated rings. The zero-order valence-electron chi connectivity index (χ0n) is 6.99. The summed E-state index contributed by atoms with van der Waals surface area (Å²) >= 11 is 0. The van der Waals surface area contributed by atoms with Gasteiger partial charge in [0.2, 0.25) is 0 Å². The minimum absolute atomic E-state index is 0.632. The molecule has 0 saturated heterocycles. The van der Waals surface area contributed by atoms with Crippen LogP contribution in [0.1, 0.15) is 5.56 Å². The smallest absolute Gasteiger partial charge is 0.176 e. The van der Waals surface area contributed by atoms with Crippen molar-refractivity contribution >= 4 is 17.0 Å². The van der Waals surface area contributed by atoms with E-state index in [4.69, 9.17) is 9.15 Å². The Bertz CT molecular complexity index is 480. The van der Waals surface area contributed by atoms with Gasteiger partial charge in [0, 0.05) is 10.9 Å². The summed E-state index contributed by atoms with van der Waals surface area (Å²) in [7, 11) is 0. The second kappa shape index (κ2) is 2.39. The number of benzene rings is 1.